The van der Waals surface area contributed by atoms with Crippen LogP contribution in [0.5, 0.6) is 5.75 Å². The van der Waals surface area contributed by atoms with Crippen LogP contribution < -0.4 is 4.74 Å². The number of ether oxygens (including phenoxy) is 1. The number of rotatable bonds is 16. The maximum Gasteiger partial charge on any atom is 0.311 e. The van der Waals surface area contributed by atoms with Gasteiger partial charge in [0, 0.05) is 12.0 Å². The second-order valence-corrected chi connectivity index (χ2v) is 8.89. The maximum atomic E-state index is 12.1. The number of hydrogen-bond donors (Lipinski definition) is 0. The predicted molar refractivity (Wildman–Crippen MR) is 132 cm³/mol. The van der Waals surface area contributed by atoms with Crippen LogP contribution in [0.1, 0.15) is 96.8 Å². The van der Waals surface area contributed by atoms with Gasteiger partial charge in [-0.2, -0.15) is 5.11 Å². The molecule has 0 fully saturated rings. The number of benzene rings is 2. The molecule has 172 valence electrons. The van der Waals surface area contributed by atoms with Crippen molar-refractivity contribution in [1.29, 1.82) is 0 Å². The third-order valence-electron chi connectivity index (χ3n) is 6.14. The van der Waals surface area contributed by atoms with E-state index in [-0.39, 0.29) is 5.97 Å². The first-order valence-electron chi connectivity index (χ1n) is 12.6. The number of carbonyl (C=O) groups excluding carboxylic acids is 1. The lowest BCUT2D eigenvalue weighted by molar-refractivity contribution is -0.134. The molecular formula is C28H38N2O2. The molecule has 0 aliphatic carbocycles. The lowest BCUT2D eigenvalue weighted by Gasteiger charge is -2.07. The second-order valence-electron chi connectivity index (χ2n) is 8.89. The fourth-order valence-electron chi connectivity index (χ4n) is 4.19. The van der Waals surface area contributed by atoms with Gasteiger partial charge in [-0.05, 0) is 42.3 Å². The average Bonchev–Trinajstić information content (AvgIpc) is 3.18. The molecule has 2 bridgehead atoms. The molecule has 1 aliphatic rings. The second kappa shape index (κ2) is 13.8. The first-order valence-corrected chi connectivity index (χ1v) is 12.6. The average molecular weight is 435 g/mol. The van der Waals surface area contributed by atoms with E-state index in [9.17, 15) is 4.79 Å². The Morgan fingerprint density at radius 2 is 1.31 bits per heavy atom. The molecule has 4 heteroatoms. The standard InChI is InChI=1S/C28H38N2O2/c1-2-3-4-5-6-7-8-9-10-11-12-13-14-15-28(31)32-25-19-16-23(17-20-25)26-21-18-24-22-27(26)30-29-24/h16-22H,2-15H2,1H3. The minimum Gasteiger partial charge on any atom is -0.427 e. The van der Waals surface area contributed by atoms with Gasteiger partial charge in [-0.1, -0.05) is 96.1 Å². The molecule has 0 N–H and O–H groups in total. The van der Waals surface area contributed by atoms with Crippen molar-refractivity contribution in [3.8, 4) is 16.9 Å². The van der Waals surface area contributed by atoms with E-state index in [1.165, 1.54) is 70.6 Å². The molecule has 0 unspecified atom stereocenters. The lowest BCUT2D eigenvalue weighted by atomic mass is 10.0. The molecule has 1 aliphatic heterocycles. The maximum absolute atomic E-state index is 12.1. The zero-order valence-electron chi connectivity index (χ0n) is 19.7. The Morgan fingerprint density at radius 1 is 0.719 bits per heavy atom. The van der Waals surface area contributed by atoms with Crippen LogP contribution in [-0.4, -0.2) is 5.97 Å². The Balaban J connectivity index is 1.21. The van der Waals surface area contributed by atoms with Crippen molar-refractivity contribution < 1.29 is 9.53 Å². The highest BCUT2D eigenvalue weighted by Gasteiger charge is 2.11. The third-order valence-corrected chi connectivity index (χ3v) is 6.14. The summed E-state index contributed by atoms with van der Waals surface area (Å²) >= 11 is 0. The molecule has 4 nitrogen and oxygen atoms in total. The van der Waals surface area contributed by atoms with Crippen LogP contribution in [0.15, 0.2) is 52.7 Å². The Kier molecular flexibility index (Phi) is 10.4. The van der Waals surface area contributed by atoms with Gasteiger partial charge in [0.2, 0.25) is 0 Å². The Hall–Kier alpha value is -2.49. The fourth-order valence-corrected chi connectivity index (χ4v) is 4.19. The van der Waals surface area contributed by atoms with E-state index < -0.39 is 0 Å². The van der Waals surface area contributed by atoms with E-state index in [1.807, 2.05) is 42.5 Å². The first-order chi connectivity index (χ1) is 15.8. The lowest BCUT2D eigenvalue weighted by Crippen LogP contribution is -2.07. The van der Waals surface area contributed by atoms with E-state index in [0.29, 0.717) is 12.2 Å². The minimum atomic E-state index is -0.141. The highest BCUT2D eigenvalue weighted by Crippen LogP contribution is 2.39. The zero-order valence-corrected chi connectivity index (χ0v) is 19.7. The van der Waals surface area contributed by atoms with Crippen LogP contribution in [0.2, 0.25) is 0 Å². The van der Waals surface area contributed by atoms with Crippen molar-refractivity contribution in [3.05, 3.63) is 42.5 Å². The number of azo groups is 1. The summed E-state index contributed by atoms with van der Waals surface area (Å²) in [6.45, 7) is 2.27. The molecule has 0 aromatic heterocycles. The SMILES string of the molecule is CCCCCCCCCCCCCCCC(=O)Oc1ccc(-c2ccc3cc2N=N3)cc1. The summed E-state index contributed by atoms with van der Waals surface area (Å²) in [5, 5.41) is 8.25. The van der Waals surface area contributed by atoms with Gasteiger partial charge in [0.05, 0.1) is 11.4 Å². The van der Waals surface area contributed by atoms with Gasteiger partial charge in [-0.25, -0.2) is 0 Å². The first kappa shape index (κ1) is 24.2. The van der Waals surface area contributed by atoms with Gasteiger partial charge in [-0.15, -0.1) is 5.11 Å². The van der Waals surface area contributed by atoms with Crippen LogP contribution in [0, 0.1) is 0 Å². The highest BCUT2D eigenvalue weighted by atomic mass is 16.5. The molecule has 32 heavy (non-hydrogen) atoms. The van der Waals surface area contributed by atoms with Crippen molar-refractivity contribution >= 4 is 17.3 Å². The molecule has 0 amide bonds. The van der Waals surface area contributed by atoms with Crippen molar-refractivity contribution in [3.63, 3.8) is 0 Å². The van der Waals surface area contributed by atoms with Crippen molar-refractivity contribution in [2.45, 2.75) is 96.8 Å². The summed E-state index contributed by atoms with van der Waals surface area (Å²) in [6, 6.07) is 13.6. The molecule has 0 saturated carbocycles. The van der Waals surface area contributed by atoms with E-state index in [1.54, 1.807) is 0 Å². The molecule has 1 heterocycles. The van der Waals surface area contributed by atoms with Crippen molar-refractivity contribution in [2.24, 2.45) is 10.2 Å². The van der Waals surface area contributed by atoms with Crippen molar-refractivity contribution in [2.75, 3.05) is 0 Å². The van der Waals surface area contributed by atoms with Gasteiger partial charge in [0.1, 0.15) is 5.75 Å². The van der Waals surface area contributed by atoms with Crippen LogP contribution in [-0.2, 0) is 4.79 Å². The molecule has 2 aromatic rings. The number of esters is 1. The van der Waals surface area contributed by atoms with E-state index in [4.69, 9.17) is 4.74 Å². The van der Waals surface area contributed by atoms with Gasteiger partial charge in [0.15, 0.2) is 0 Å². The van der Waals surface area contributed by atoms with E-state index >= 15 is 0 Å². The predicted octanol–water partition coefficient (Wildman–Crippen LogP) is 9.47. The summed E-state index contributed by atoms with van der Waals surface area (Å²) in [4.78, 5) is 12.1. The fraction of sp³-hybridized carbons (Fsp3) is 0.536. The molecular weight excluding hydrogens is 396 g/mol. The molecule has 3 rings (SSSR count). The normalized spacial score (nSPS) is 11.8. The largest absolute Gasteiger partial charge is 0.427 e. The van der Waals surface area contributed by atoms with Crippen molar-refractivity contribution in [1.82, 2.24) is 0 Å². The number of carbonyl (C=O) groups is 1. The summed E-state index contributed by atoms with van der Waals surface area (Å²) in [5.74, 6) is 0.459. The van der Waals surface area contributed by atoms with Crippen LogP contribution in [0.4, 0.5) is 11.4 Å². The highest BCUT2D eigenvalue weighted by molar-refractivity contribution is 5.80. The number of fused-ring (bicyclic) bond motifs is 2. The third kappa shape index (κ3) is 8.22. The molecule has 0 spiro atoms. The number of unbranched alkanes of at least 4 members (excludes halogenated alkanes) is 12. The number of nitrogens with zero attached hydrogens (tertiary/aromatic N) is 2. The summed E-state index contributed by atoms with van der Waals surface area (Å²) in [6.07, 6.45) is 17.4. The van der Waals surface area contributed by atoms with E-state index in [0.717, 1.165) is 35.3 Å². The van der Waals surface area contributed by atoms with Crippen LogP contribution in [0.3, 0.4) is 0 Å². The summed E-state index contributed by atoms with van der Waals surface area (Å²) < 4.78 is 5.50. The molecule has 0 atom stereocenters. The van der Waals surface area contributed by atoms with Gasteiger partial charge in [-0.3, -0.25) is 4.79 Å². The molecule has 2 aromatic carbocycles. The van der Waals surface area contributed by atoms with Gasteiger partial charge < -0.3 is 4.74 Å². The molecule has 0 saturated heterocycles. The van der Waals surface area contributed by atoms with E-state index in [2.05, 4.69) is 17.2 Å². The minimum absolute atomic E-state index is 0.141. The molecule has 0 radical (unpaired) electrons. The Morgan fingerprint density at radius 3 is 1.94 bits per heavy atom. The van der Waals surface area contributed by atoms with Gasteiger partial charge >= 0.3 is 5.97 Å². The monoisotopic (exact) mass is 434 g/mol. The quantitative estimate of drug-likeness (QED) is 0.128. The number of hydrogen-bond acceptors (Lipinski definition) is 4. The van der Waals surface area contributed by atoms with Crippen LogP contribution >= 0.6 is 0 Å². The Bertz CT molecular complexity index is 858. The smallest absolute Gasteiger partial charge is 0.311 e. The van der Waals surface area contributed by atoms with Gasteiger partial charge in [0.25, 0.3) is 0 Å². The Labute approximate surface area is 193 Å². The summed E-state index contributed by atoms with van der Waals surface area (Å²) in [5.41, 5.74) is 3.86. The zero-order chi connectivity index (χ0) is 22.4. The van der Waals surface area contributed by atoms with Crippen LogP contribution in [0.25, 0.3) is 11.1 Å². The summed E-state index contributed by atoms with van der Waals surface area (Å²) in [7, 11) is 0. The topological polar surface area (TPSA) is 51.0 Å².